The van der Waals surface area contributed by atoms with Crippen molar-refractivity contribution in [2.24, 2.45) is 0 Å². The quantitative estimate of drug-likeness (QED) is 0.539. The first-order valence-corrected chi connectivity index (χ1v) is 12.5. The zero-order valence-electron chi connectivity index (χ0n) is 18.1. The molecule has 0 aliphatic heterocycles. The lowest BCUT2D eigenvalue weighted by Crippen LogP contribution is -2.51. The van der Waals surface area contributed by atoms with Gasteiger partial charge in [0.2, 0.25) is 11.8 Å². The van der Waals surface area contributed by atoms with Gasteiger partial charge in [0.05, 0.1) is 5.75 Å². The van der Waals surface area contributed by atoms with Gasteiger partial charge in [-0.1, -0.05) is 66.9 Å². The van der Waals surface area contributed by atoms with Gasteiger partial charge in [0.1, 0.15) is 6.04 Å². The van der Waals surface area contributed by atoms with Gasteiger partial charge in [0.15, 0.2) is 0 Å². The molecule has 6 heteroatoms. The van der Waals surface area contributed by atoms with E-state index >= 15 is 0 Å². The monoisotopic (exact) mass is 458 g/mol. The Labute approximate surface area is 194 Å². The van der Waals surface area contributed by atoms with Gasteiger partial charge in [-0.05, 0) is 49.4 Å². The van der Waals surface area contributed by atoms with Gasteiger partial charge in [-0.3, -0.25) is 9.59 Å². The first-order valence-electron chi connectivity index (χ1n) is 11.0. The lowest BCUT2D eigenvalue weighted by Gasteiger charge is -2.29. The fourth-order valence-corrected chi connectivity index (χ4v) is 5.00. The smallest absolute Gasteiger partial charge is 0.242 e. The lowest BCUT2D eigenvalue weighted by atomic mass is 10.1. The average molecular weight is 459 g/mol. The van der Waals surface area contributed by atoms with Crippen molar-refractivity contribution in [3.05, 3.63) is 70.7 Å². The predicted octanol–water partition coefficient (Wildman–Crippen LogP) is 5.09. The molecule has 1 saturated carbocycles. The van der Waals surface area contributed by atoms with Crippen LogP contribution >= 0.6 is 23.4 Å². The van der Waals surface area contributed by atoms with Gasteiger partial charge >= 0.3 is 0 Å². The maximum Gasteiger partial charge on any atom is 0.242 e. The Kier molecular flexibility index (Phi) is 9.29. The van der Waals surface area contributed by atoms with Crippen LogP contribution in [-0.4, -0.2) is 41.1 Å². The highest BCUT2D eigenvalue weighted by Gasteiger charge is 2.28. The summed E-state index contributed by atoms with van der Waals surface area (Å²) in [7, 11) is 0. The fourth-order valence-electron chi connectivity index (χ4n) is 3.93. The number of nitrogens with zero attached hydrogens (tertiary/aromatic N) is 1. The number of amides is 2. The van der Waals surface area contributed by atoms with E-state index < -0.39 is 6.04 Å². The number of rotatable bonds is 10. The molecule has 2 aromatic rings. The fraction of sp³-hybridized carbons (Fsp3) is 0.440. The Balaban J connectivity index is 1.60. The Morgan fingerprint density at radius 1 is 1.10 bits per heavy atom. The van der Waals surface area contributed by atoms with Crippen LogP contribution in [0.15, 0.2) is 54.6 Å². The van der Waals surface area contributed by atoms with Crippen molar-refractivity contribution in [2.75, 3.05) is 12.3 Å². The molecule has 1 atom stereocenters. The molecule has 0 spiro atoms. The standard InChI is InChI=1S/C25H31ClN2O2S/c1-19(25(30)27-23-12-5-6-13-23)28(15-14-20-8-3-2-4-9-20)24(29)18-31-17-21-10-7-11-22(26)16-21/h2-4,7-11,16,19,23H,5-6,12-15,17-18H2,1H3,(H,27,30). The Morgan fingerprint density at radius 3 is 2.52 bits per heavy atom. The molecule has 0 saturated heterocycles. The van der Waals surface area contributed by atoms with E-state index in [1.807, 2.05) is 49.4 Å². The van der Waals surface area contributed by atoms with Crippen molar-refractivity contribution in [1.82, 2.24) is 10.2 Å². The molecule has 1 N–H and O–H groups in total. The summed E-state index contributed by atoms with van der Waals surface area (Å²) < 4.78 is 0. The van der Waals surface area contributed by atoms with Crippen molar-refractivity contribution >= 4 is 35.2 Å². The second kappa shape index (κ2) is 12.2. The van der Waals surface area contributed by atoms with Gasteiger partial charge in [-0.15, -0.1) is 11.8 Å². The summed E-state index contributed by atoms with van der Waals surface area (Å²) in [5.74, 6) is 0.995. The van der Waals surface area contributed by atoms with Crippen LogP contribution in [0.2, 0.25) is 5.02 Å². The maximum atomic E-state index is 13.1. The largest absolute Gasteiger partial charge is 0.352 e. The minimum absolute atomic E-state index is 0.00275. The first kappa shape index (κ1) is 23.7. The molecule has 4 nitrogen and oxygen atoms in total. The Bertz CT molecular complexity index is 856. The highest BCUT2D eigenvalue weighted by atomic mass is 35.5. The highest BCUT2D eigenvalue weighted by molar-refractivity contribution is 7.99. The van der Waals surface area contributed by atoms with Crippen LogP contribution in [-0.2, 0) is 21.8 Å². The molecule has 1 fully saturated rings. The van der Waals surface area contributed by atoms with Crippen LogP contribution < -0.4 is 5.32 Å². The van der Waals surface area contributed by atoms with Crippen LogP contribution in [0, 0.1) is 0 Å². The van der Waals surface area contributed by atoms with E-state index in [0.717, 1.165) is 43.2 Å². The zero-order chi connectivity index (χ0) is 22.1. The van der Waals surface area contributed by atoms with E-state index in [9.17, 15) is 9.59 Å². The molecule has 2 aromatic carbocycles. The Morgan fingerprint density at radius 2 is 1.81 bits per heavy atom. The first-order chi connectivity index (χ1) is 15.0. The number of nitrogens with one attached hydrogen (secondary N) is 1. The molecule has 166 valence electrons. The van der Waals surface area contributed by atoms with Crippen molar-refractivity contribution in [3.63, 3.8) is 0 Å². The summed E-state index contributed by atoms with van der Waals surface area (Å²) in [6.45, 7) is 2.37. The van der Waals surface area contributed by atoms with E-state index in [1.54, 1.807) is 16.7 Å². The third-order valence-electron chi connectivity index (χ3n) is 5.74. The number of halogens is 1. The molecular formula is C25H31ClN2O2S. The van der Waals surface area contributed by atoms with Gasteiger partial charge in [-0.2, -0.15) is 0 Å². The number of benzene rings is 2. The van der Waals surface area contributed by atoms with Crippen LogP contribution in [0.25, 0.3) is 0 Å². The molecule has 31 heavy (non-hydrogen) atoms. The predicted molar refractivity (Wildman–Crippen MR) is 129 cm³/mol. The van der Waals surface area contributed by atoms with E-state index in [2.05, 4.69) is 17.4 Å². The average Bonchev–Trinajstić information content (AvgIpc) is 3.27. The summed E-state index contributed by atoms with van der Waals surface area (Å²) in [5.41, 5.74) is 2.25. The molecule has 2 amide bonds. The van der Waals surface area contributed by atoms with E-state index in [4.69, 9.17) is 11.6 Å². The molecular weight excluding hydrogens is 428 g/mol. The van der Waals surface area contributed by atoms with E-state index in [-0.39, 0.29) is 17.9 Å². The van der Waals surface area contributed by atoms with Crippen molar-refractivity contribution in [3.8, 4) is 0 Å². The second-order valence-electron chi connectivity index (χ2n) is 8.11. The normalized spacial score (nSPS) is 14.9. The summed E-state index contributed by atoms with van der Waals surface area (Å²) in [6, 6.07) is 17.5. The molecule has 1 aliphatic rings. The molecule has 0 bridgehead atoms. The minimum atomic E-state index is -0.483. The summed E-state index contributed by atoms with van der Waals surface area (Å²) in [5, 5.41) is 3.85. The van der Waals surface area contributed by atoms with Crippen LogP contribution in [0.1, 0.15) is 43.7 Å². The van der Waals surface area contributed by atoms with Crippen molar-refractivity contribution < 1.29 is 9.59 Å². The summed E-state index contributed by atoms with van der Waals surface area (Å²) in [6.07, 6.45) is 5.12. The maximum absolute atomic E-state index is 13.1. The molecule has 0 aromatic heterocycles. The SMILES string of the molecule is CC(C(=O)NC1CCCC1)N(CCc1ccccc1)C(=O)CSCc1cccc(Cl)c1. The van der Waals surface area contributed by atoms with Crippen LogP contribution in [0.4, 0.5) is 0 Å². The molecule has 0 heterocycles. The molecule has 1 aliphatic carbocycles. The van der Waals surface area contributed by atoms with Crippen LogP contribution in [0.3, 0.4) is 0 Å². The molecule has 3 rings (SSSR count). The minimum Gasteiger partial charge on any atom is -0.352 e. The summed E-state index contributed by atoms with van der Waals surface area (Å²) >= 11 is 7.61. The number of hydrogen-bond donors (Lipinski definition) is 1. The van der Waals surface area contributed by atoms with Gasteiger partial charge in [0, 0.05) is 23.4 Å². The molecule has 1 unspecified atom stereocenters. The lowest BCUT2D eigenvalue weighted by molar-refractivity contribution is -0.138. The Hall–Kier alpha value is -1.98. The number of carbonyl (C=O) groups is 2. The number of carbonyl (C=O) groups excluding carboxylic acids is 2. The van der Waals surface area contributed by atoms with Crippen molar-refractivity contribution in [2.45, 2.75) is 56.9 Å². The highest BCUT2D eigenvalue weighted by Crippen LogP contribution is 2.19. The van der Waals surface area contributed by atoms with E-state index in [1.165, 1.54) is 0 Å². The van der Waals surface area contributed by atoms with E-state index in [0.29, 0.717) is 23.1 Å². The zero-order valence-corrected chi connectivity index (χ0v) is 19.6. The van der Waals surface area contributed by atoms with Gasteiger partial charge in [-0.25, -0.2) is 0 Å². The van der Waals surface area contributed by atoms with Gasteiger partial charge < -0.3 is 10.2 Å². The second-order valence-corrected chi connectivity index (χ2v) is 9.53. The third kappa shape index (κ3) is 7.58. The third-order valence-corrected chi connectivity index (χ3v) is 6.96. The van der Waals surface area contributed by atoms with Crippen LogP contribution in [0.5, 0.6) is 0 Å². The van der Waals surface area contributed by atoms with Gasteiger partial charge in [0.25, 0.3) is 0 Å². The number of hydrogen-bond acceptors (Lipinski definition) is 3. The molecule has 0 radical (unpaired) electrons. The summed E-state index contributed by atoms with van der Waals surface area (Å²) in [4.78, 5) is 27.7. The van der Waals surface area contributed by atoms with Crippen molar-refractivity contribution in [1.29, 1.82) is 0 Å². The topological polar surface area (TPSA) is 49.4 Å². The number of thioether (sulfide) groups is 1.